The second-order valence-corrected chi connectivity index (χ2v) is 5.33. The van der Waals surface area contributed by atoms with Crippen LogP contribution in [0.4, 0.5) is 0 Å². The second kappa shape index (κ2) is 14.4. The number of rotatable bonds is 8. The zero-order valence-corrected chi connectivity index (χ0v) is 13.9. The second-order valence-electron chi connectivity index (χ2n) is 5.33. The van der Waals surface area contributed by atoms with Crippen LogP contribution in [0.2, 0.25) is 0 Å². The molecule has 0 bridgehead atoms. The van der Waals surface area contributed by atoms with Crippen LogP contribution in [0.5, 0.6) is 0 Å². The van der Waals surface area contributed by atoms with E-state index in [0.29, 0.717) is 6.61 Å². The number of unbranched alkanes of at least 4 members (excludes halogenated alkanes) is 3. The molecule has 0 saturated heterocycles. The van der Waals surface area contributed by atoms with Gasteiger partial charge in [0.2, 0.25) is 0 Å². The largest absolute Gasteiger partial charge is 0.463 e. The van der Waals surface area contributed by atoms with Gasteiger partial charge in [-0.2, -0.15) is 0 Å². The average Bonchev–Trinajstić information content (AvgIpc) is 2.55. The van der Waals surface area contributed by atoms with Gasteiger partial charge in [0, 0.05) is 12.2 Å². The Hall–Kier alpha value is -1.58. The molecule has 0 amide bonds. The SMILES string of the molecule is C=CC(=O)OC1CCCCC1.C=CC(=O)OCCCCCC. The molecule has 0 radical (unpaired) electrons. The third kappa shape index (κ3) is 12.2. The molecule has 1 rings (SSSR count). The first-order chi connectivity index (χ1) is 10.6. The minimum atomic E-state index is -0.318. The minimum Gasteiger partial charge on any atom is -0.463 e. The highest BCUT2D eigenvalue weighted by atomic mass is 16.5. The van der Waals surface area contributed by atoms with Crippen molar-refractivity contribution in [1.82, 2.24) is 0 Å². The summed E-state index contributed by atoms with van der Waals surface area (Å²) in [6.07, 6.45) is 12.8. The molecule has 0 aromatic heterocycles. The monoisotopic (exact) mass is 310 g/mol. The zero-order valence-electron chi connectivity index (χ0n) is 13.9. The van der Waals surface area contributed by atoms with E-state index in [0.717, 1.165) is 25.7 Å². The van der Waals surface area contributed by atoms with E-state index in [4.69, 9.17) is 9.47 Å². The average molecular weight is 310 g/mol. The van der Waals surface area contributed by atoms with Crippen molar-refractivity contribution in [1.29, 1.82) is 0 Å². The molecule has 0 atom stereocenters. The van der Waals surface area contributed by atoms with Crippen LogP contribution in [0.1, 0.15) is 64.7 Å². The summed E-state index contributed by atoms with van der Waals surface area (Å²) in [7, 11) is 0. The molecule has 0 spiro atoms. The lowest BCUT2D eigenvalue weighted by Crippen LogP contribution is -2.19. The first kappa shape index (κ1) is 20.4. The van der Waals surface area contributed by atoms with Crippen molar-refractivity contribution in [2.45, 2.75) is 70.8 Å². The summed E-state index contributed by atoms with van der Waals surface area (Å²) in [6.45, 7) is 9.33. The lowest BCUT2D eigenvalue weighted by Gasteiger charge is -2.20. The maximum absolute atomic E-state index is 10.7. The molecule has 1 saturated carbocycles. The van der Waals surface area contributed by atoms with Gasteiger partial charge in [0.1, 0.15) is 6.10 Å². The molecule has 0 aromatic rings. The molecular formula is C18H30O4. The van der Waals surface area contributed by atoms with Crippen molar-refractivity contribution in [3.63, 3.8) is 0 Å². The summed E-state index contributed by atoms with van der Waals surface area (Å²) in [5.41, 5.74) is 0. The number of hydrogen-bond donors (Lipinski definition) is 0. The molecule has 1 aliphatic carbocycles. The summed E-state index contributed by atoms with van der Waals surface area (Å²) in [4.78, 5) is 21.2. The van der Waals surface area contributed by atoms with Crippen LogP contribution < -0.4 is 0 Å². The van der Waals surface area contributed by atoms with Gasteiger partial charge in [-0.15, -0.1) is 0 Å². The van der Waals surface area contributed by atoms with E-state index in [1.807, 2.05) is 0 Å². The van der Waals surface area contributed by atoms with Crippen molar-refractivity contribution in [3.8, 4) is 0 Å². The lowest BCUT2D eigenvalue weighted by atomic mass is 9.98. The summed E-state index contributed by atoms with van der Waals surface area (Å²) in [5, 5.41) is 0. The molecular weight excluding hydrogens is 280 g/mol. The smallest absolute Gasteiger partial charge is 0.330 e. The van der Waals surface area contributed by atoms with Gasteiger partial charge in [-0.3, -0.25) is 0 Å². The highest BCUT2D eigenvalue weighted by molar-refractivity contribution is 5.81. The van der Waals surface area contributed by atoms with Crippen molar-refractivity contribution in [3.05, 3.63) is 25.3 Å². The van der Waals surface area contributed by atoms with E-state index < -0.39 is 0 Å². The van der Waals surface area contributed by atoms with Gasteiger partial charge in [-0.1, -0.05) is 45.8 Å². The molecule has 126 valence electrons. The molecule has 1 aliphatic rings. The summed E-state index contributed by atoms with van der Waals surface area (Å²) >= 11 is 0. The highest BCUT2D eigenvalue weighted by Crippen LogP contribution is 2.20. The van der Waals surface area contributed by atoms with Gasteiger partial charge in [0.05, 0.1) is 6.61 Å². The van der Waals surface area contributed by atoms with E-state index in [2.05, 4.69) is 20.1 Å². The number of hydrogen-bond acceptors (Lipinski definition) is 4. The van der Waals surface area contributed by atoms with Crippen molar-refractivity contribution < 1.29 is 19.1 Å². The van der Waals surface area contributed by atoms with Crippen molar-refractivity contribution in [2.75, 3.05) is 6.61 Å². The Morgan fingerprint density at radius 1 is 1.00 bits per heavy atom. The van der Waals surface area contributed by atoms with Gasteiger partial charge in [0.15, 0.2) is 0 Å². The number of carbonyl (C=O) groups excluding carboxylic acids is 2. The van der Waals surface area contributed by atoms with E-state index in [1.54, 1.807) is 0 Å². The summed E-state index contributed by atoms with van der Waals surface area (Å²) in [5.74, 6) is -0.599. The molecule has 0 unspecified atom stereocenters. The summed E-state index contributed by atoms with van der Waals surface area (Å²) < 4.78 is 9.86. The molecule has 0 aliphatic heterocycles. The number of esters is 2. The predicted octanol–water partition coefficient (Wildman–Crippen LogP) is 4.34. The van der Waals surface area contributed by atoms with Crippen LogP contribution in [0.25, 0.3) is 0 Å². The normalized spacial score (nSPS) is 14.2. The van der Waals surface area contributed by atoms with Gasteiger partial charge in [-0.25, -0.2) is 9.59 Å². The Morgan fingerprint density at radius 3 is 2.18 bits per heavy atom. The quantitative estimate of drug-likeness (QED) is 0.380. The van der Waals surface area contributed by atoms with E-state index in [1.165, 1.54) is 44.3 Å². The van der Waals surface area contributed by atoms with Crippen LogP contribution in [-0.4, -0.2) is 24.6 Å². The van der Waals surface area contributed by atoms with E-state index in [-0.39, 0.29) is 18.0 Å². The fraction of sp³-hybridized carbons (Fsp3) is 0.667. The maximum Gasteiger partial charge on any atom is 0.330 e. The van der Waals surface area contributed by atoms with Gasteiger partial charge in [0.25, 0.3) is 0 Å². The fourth-order valence-corrected chi connectivity index (χ4v) is 2.16. The van der Waals surface area contributed by atoms with Gasteiger partial charge in [-0.05, 0) is 32.1 Å². The summed E-state index contributed by atoms with van der Waals surface area (Å²) in [6, 6.07) is 0. The third-order valence-corrected chi connectivity index (χ3v) is 3.41. The molecule has 0 N–H and O–H groups in total. The minimum absolute atomic E-state index is 0.161. The van der Waals surface area contributed by atoms with Gasteiger partial charge < -0.3 is 9.47 Å². The molecule has 0 heterocycles. The predicted molar refractivity (Wildman–Crippen MR) is 88.5 cm³/mol. The fourth-order valence-electron chi connectivity index (χ4n) is 2.16. The molecule has 1 fully saturated rings. The number of ether oxygens (including phenoxy) is 2. The Labute approximate surface area is 134 Å². The maximum atomic E-state index is 10.7. The van der Waals surface area contributed by atoms with Crippen LogP contribution in [0.3, 0.4) is 0 Å². The molecule has 0 aromatic carbocycles. The standard InChI is InChI=1S/C9H14O2.C9H16O2/c1-2-9(10)11-8-6-4-3-5-7-8;1-3-5-6-7-8-11-9(10)4-2/h2,8H,1,3-7H2;4H,2-3,5-8H2,1H3. The van der Waals surface area contributed by atoms with E-state index in [9.17, 15) is 9.59 Å². The third-order valence-electron chi connectivity index (χ3n) is 3.41. The van der Waals surface area contributed by atoms with Crippen LogP contribution in [0, 0.1) is 0 Å². The molecule has 22 heavy (non-hydrogen) atoms. The molecule has 4 nitrogen and oxygen atoms in total. The van der Waals surface area contributed by atoms with Gasteiger partial charge >= 0.3 is 11.9 Å². The zero-order chi connectivity index (χ0) is 16.6. The number of carbonyl (C=O) groups is 2. The Kier molecular flexibility index (Phi) is 13.3. The first-order valence-electron chi connectivity index (χ1n) is 8.26. The Bertz CT molecular complexity index is 330. The Balaban J connectivity index is 0.000000401. The lowest BCUT2D eigenvalue weighted by molar-refractivity contribution is -0.144. The first-order valence-corrected chi connectivity index (χ1v) is 8.26. The molecule has 4 heteroatoms. The van der Waals surface area contributed by atoms with Crippen LogP contribution >= 0.6 is 0 Å². The van der Waals surface area contributed by atoms with Crippen LogP contribution in [-0.2, 0) is 19.1 Å². The highest BCUT2D eigenvalue weighted by Gasteiger charge is 2.15. The van der Waals surface area contributed by atoms with Crippen molar-refractivity contribution in [2.24, 2.45) is 0 Å². The Morgan fingerprint density at radius 2 is 1.64 bits per heavy atom. The topological polar surface area (TPSA) is 52.6 Å². The van der Waals surface area contributed by atoms with Crippen molar-refractivity contribution >= 4 is 11.9 Å². The van der Waals surface area contributed by atoms with Crippen LogP contribution in [0.15, 0.2) is 25.3 Å². The van der Waals surface area contributed by atoms with E-state index >= 15 is 0 Å².